The molecule has 3 aromatic heterocycles. The second-order valence-corrected chi connectivity index (χ2v) is 4.91. The van der Waals surface area contributed by atoms with E-state index in [0.717, 1.165) is 11.3 Å². The summed E-state index contributed by atoms with van der Waals surface area (Å²) < 4.78 is 3.48. The lowest BCUT2D eigenvalue weighted by Crippen LogP contribution is -1.97. The van der Waals surface area contributed by atoms with Gasteiger partial charge in [-0.3, -0.25) is 9.67 Å². The van der Waals surface area contributed by atoms with Crippen LogP contribution in [0.5, 0.6) is 0 Å². The summed E-state index contributed by atoms with van der Waals surface area (Å²) in [4.78, 5) is 15.3. The van der Waals surface area contributed by atoms with Crippen molar-refractivity contribution >= 4 is 11.5 Å². The van der Waals surface area contributed by atoms with Crippen molar-refractivity contribution in [1.29, 1.82) is 0 Å². The summed E-state index contributed by atoms with van der Waals surface area (Å²) in [5.41, 5.74) is 2.27. The molecular formula is C13H11N5O2. The maximum Gasteiger partial charge on any atom is 0.339 e. The van der Waals surface area contributed by atoms with Gasteiger partial charge in [-0.15, -0.1) is 0 Å². The van der Waals surface area contributed by atoms with E-state index in [4.69, 9.17) is 5.11 Å². The topological polar surface area (TPSA) is 85.3 Å². The lowest BCUT2D eigenvalue weighted by atomic mass is 10.2. The Hall–Kier alpha value is -2.70. The van der Waals surface area contributed by atoms with Gasteiger partial charge in [0.2, 0.25) is 0 Å². The van der Waals surface area contributed by atoms with Crippen LogP contribution in [-0.2, 0) is 0 Å². The van der Waals surface area contributed by atoms with Crippen molar-refractivity contribution in [3.8, 4) is 11.3 Å². The highest BCUT2D eigenvalue weighted by atomic mass is 16.4. The zero-order chi connectivity index (χ0) is 13.7. The van der Waals surface area contributed by atoms with Crippen LogP contribution in [-0.4, -0.2) is 35.5 Å². The van der Waals surface area contributed by atoms with E-state index in [0.29, 0.717) is 11.6 Å². The third-order valence-corrected chi connectivity index (χ3v) is 3.45. The second kappa shape index (κ2) is 3.89. The number of hydrogen-bond donors (Lipinski definition) is 1. The first-order valence-electron chi connectivity index (χ1n) is 6.33. The van der Waals surface area contributed by atoms with Gasteiger partial charge in [0.05, 0.1) is 42.0 Å². The molecule has 3 heterocycles. The standard InChI is InChI=1S/C13H11N5O2/c19-13(20)10-4-16-18-7-11(14-5-12(10)18)8-3-15-17(6-8)9-1-2-9/h3-7,9H,1-2H2,(H,19,20). The van der Waals surface area contributed by atoms with Crippen LogP contribution in [0.2, 0.25) is 0 Å². The number of carboxylic acids is 1. The molecule has 1 aliphatic rings. The Labute approximate surface area is 113 Å². The Morgan fingerprint density at radius 3 is 2.80 bits per heavy atom. The van der Waals surface area contributed by atoms with Crippen molar-refractivity contribution in [2.75, 3.05) is 0 Å². The summed E-state index contributed by atoms with van der Waals surface area (Å²) in [6.07, 6.45) is 10.7. The monoisotopic (exact) mass is 269 g/mol. The lowest BCUT2D eigenvalue weighted by molar-refractivity contribution is 0.0699. The van der Waals surface area contributed by atoms with Gasteiger partial charge in [0.25, 0.3) is 0 Å². The quantitative estimate of drug-likeness (QED) is 0.781. The summed E-state index contributed by atoms with van der Waals surface area (Å²) in [6, 6.07) is 0.524. The van der Waals surface area contributed by atoms with Gasteiger partial charge in [0.1, 0.15) is 5.56 Å². The number of aromatic carboxylic acids is 1. The maximum atomic E-state index is 11.0. The van der Waals surface area contributed by atoms with Gasteiger partial charge >= 0.3 is 5.97 Å². The van der Waals surface area contributed by atoms with E-state index in [1.54, 1.807) is 12.4 Å². The van der Waals surface area contributed by atoms with Crippen LogP contribution in [0.15, 0.2) is 31.0 Å². The molecule has 4 rings (SSSR count). The molecule has 0 atom stereocenters. The number of hydrogen-bond acceptors (Lipinski definition) is 4. The summed E-state index contributed by atoms with van der Waals surface area (Å²) in [6.45, 7) is 0. The van der Waals surface area contributed by atoms with Gasteiger partial charge < -0.3 is 5.11 Å². The fraction of sp³-hybridized carbons (Fsp3) is 0.231. The number of rotatable bonds is 3. The normalized spacial score (nSPS) is 14.8. The predicted molar refractivity (Wildman–Crippen MR) is 69.4 cm³/mol. The molecule has 0 aromatic carbocycles. The zero-order valence-electron chi connectivity index (χ0n) is 10.5. The Bertz CT molecular complexity index is 815. The van der Waals surface area contributed by atoms with Crippen LogP contribution in [0.25, 0.3) is 16.8 Å². The summed E-state index contributed by atoms with van der Waals surface area (Å²) in [5, 5.41) is 17.4. The van der Waals surface area contributed by atoms with Gasteiger partial charge in [-0.05, 0) is 12.8 Å². The van der Waals surface area contributed by atoms with E-state index >= 15 is 0 Å². The van der Waals surface area contributed by atoms with E-state index in [9.17, 15) is 4.79 Å². The molecule has 100 valence electrons. The SMILES string of the molecule is O=C(O)c1cnn2cc(-c3cnn(C4CC4)c3)ncc12. The Balaban J connectivity index is 1.77. The average molecular weight is 269 g/mol. The van der Waals surface area contributed by atoms with Crippen LogP contribution in [0.4, 0.5) is 0 Å². The molecule has 0 amide bonds. The van der Waals surface area contributed by atoms with Crippen LogP contribution in [0.1, 0.15) is 29.2 Å². The molecule has 3 aromatic rings. The molecule has 0 bridgehead atoms. The fourth-order valence-electron chi connectivity index (χ4n) is 2.21. The first kappa shape index (κ1) is 11.2. The van der Waals surface area contributed by atoms with E-state index in [-0.39, 0.29) is 5.56 Å². The average Bonchev–Trinajstić information content (AvgIpc) is 3.03. The van der Waals surface area contributed by atoms with E-state index < -0.39 is 5.97 Å². The Morgan fingerprint density at radius 1 is 1.20 bits per heavy atom. The minimum atomic E-state index is -1.00. The van der Waals surface area contributed by atoms with Crippen LogP contribution in [0, 0.1) is 0 Å². The van der Waals surface area contributed by atoms with E-state index in [2.05, 4.69) is 15.2 Å². The smallest absolute Gasteiger partial charge is 0.339 e. The van der Waals surface area contributed by atoms with Gasteiger partial charge in [0.15, 0.2) is 0 Å². The van der Waals surface area contributed by atoms with Gasteiger partial charge in [-0.1, -0.05) is 0 Å². The molecule has 20 heavy (non-hydrogen) atoms. The van der Waals surface area contributed by atoms with E-state index in [1.165, 1.54) is 29.8 Å². The minimum absolute atomic E-state index is 0.151. The largest absolute Gasteiger partial charge is 0.478 e. The van der Waals surface area contributed by atoms with E-state index in [1.807, 2.05) is 10.9 Å². The molecular weight excluding hydrogens is 258 g/mol. The molecule has 0 aliphatic heterocycles. The van der Waals surface area contributed by atoms with Crippen LogP contribution in [0.3, 0.4) is 0 Å². The third kappa shape index (κ3) is 1.67. The first-order chi connectivity index (χ1) is 9.72. The molecule has 7 heteroatoms. The first-order valence-corrected chi connectivity index (χ1v) is 6.33. The summed E-state index contributed by atoms with van der Waals surface area (Å²) >= 11 is 0. The number of carbonyl (C=O) groups is 1. The van der Waals surface area contributed by atoms with Gasteiger partial charge in [-0.25, -0.2) is 9.31 Å². The number of nitrogens with zero attached hydrogens (tertiary/aromatic N) is 5. The highest BCUT2D eigenvalue weighted by Crippen LogP contribution is 2.34. The number of carboxylic acid groups (broad SMARTS) is 1. The minimum Gasteiger partial charge on any atom is -0.478 e. The Morgan fingerprint density at radius 2 is 2.05 bits per heavy atom. The fourth-order valence-corrected chi connectivity index (χ4v) is 2.21. The van der Waals surface area contributed by atoms with Crippen LogP contribution >= 0.6 is 0 Å². The lowest BCUT2D eigenvalue weighted by Gasteiger charge is -1.99. The Kier molecular flexibility index (Phi) is 2.17. The molecule has 7 nitrogen and oxygen atoms in total. The molecule has 0 saturated heterocycles. The molecule has 1 fully saturated rings. The molecule has 0 spiro atoms. The van der Waals surface area contributed by atoms with Crippen molar-refractivity contribution < 1.29 is 9.90 Å². The molecule has 1 aliphatic carbocycles. The highest BCUT2D eigenvalue weighted by molar-refractivity contribution is 5.95. The molecule has 1 saturated carbocycles. The predicted octanol–water partition coefficient (Wildman–Crippen LogP) is 1.63. The zero-order valence-corrected chi connectivity index (χ0v) is 10.5. The highest BCUT2D eigenvalue weighted by Gasteiger charge is 2.24. The van der Waals surface area contributed by atoms with Crippen LogP contribution < -0.4 is 0 Å². The summed E-state index contributed by atoms with van der Waals surface area (Å²) in [7, 11) is 0. The number of aromatic nitrogens is 5. The van der Waals surface area contributed by atoms with Gasteiger partial charge in [0, 0.05) is 11.8 Å². The van der Waals surface area contributed by atoms with Crippen molar-refractivity contribution in [2.45, 2.75) is 18.9 Å². The molecule has 0 unspecified atom stereocenters. The molecule has 0 radical (unpaired) electrons. The summed E-state index contributed by atoms with van der Waals surface area (Å²) in [5.74, 6) is -1.00. The third-order valence-electron chi connectivity index (χ3n) is 3.45. The van der Waals surface area contributed by atoms with Crippen molar-refractivity contribution in [2.24, 2.45) is 0 Å². The van der Waals surface area contributed by atoms with Gasteiger partial charge in [-0.2, -0.15) is 10.2 Å². The maximum absolute atomic E-state index is 11.0. The second-order valence-electron chi connectivity index (χ2n) is 4.91. The number of fused-ring (bicyclic) bond motifs is 1. The van der Waals surface area contributed by atoms with Crippen molar-refractivity contribution in [1.82, 2.24) is 24.4 Å². The molecule has 1 N–H and O–H groups in total. The van der Waals surface area contributed by atoms with Crippen molar-refractivity contribution in [3.63, 3.8) is 0 Å². The van der Waals surface area contributed by atoms with Crippen molar-refractivity contribution in [3.05, 3.63) is 36.5 Å².